The number of carboxylic acids is 1. The molecule has 0 aliphatic heterocycles. The second-order valence-electron chi connectivity index (χ2n) is 8.67. The van der Waals surface area contributed by atoms with Crippen molar-refractivity contribution in [3.8, 4) is 28.4 Å². The average molecular weight is 488 g/mol. The molecule has 0 fully saturated rings. The summed E-state index contributed by atoms with van der Waals surface area (Å²) in [6, 6.07) is 21.4. The molecule has 0 spiro atoms. The fourth-order valence-electron chi connectivity index (χ4n) is 3.18. The molecule has 2 heterocycles. The van der Waals surface area contributed by atoms with Crippen molar-refractivity contribution in [2.45, 2.75) is 40.9 Å². The van der Waals surface area contributed by atoms with E-state index in [1.54, 1.807) is 26.2 Å². The van der Waals surface area contributed by atoms with E-state index in [2.05, 4.69) is 15.0 Å². The topological polar surface area (TPSA) is 97.3 Å². The van der Waals surface area contributed by atoms with Crippen LogP contribution in [0, 0.1) is 5.41 Å². The van der Waals surface area contributed by atoms with Crippen molar-refractivity contribution < 1.29 is 19.4 Å². The first-order chi connectivity index (χ1) is 17.4. The third-order valence-electron chi connectivity index (χ3n) is 5.36. The molecule has 0 aliphatic rings. The number of pyridine rings is 1. The van der Waals surface area contributed by atoms with Crippen LogP contribution in [0.1, 0.15) is 39.0 Å². The van der Waals surface area contributed by atoms with Crippen molar-refractivity contribution >= 4 is 5.97 Å². The number of hydrogen-bond acceptors (Lipinski definition) is 5. The van der Waals surface area contributed by atoms with Gasteiger partial charge >= 0.3 is 5.97 Å². The number of hydrogen-bond donors (Lipinski definition) is 2. The molecule has 2 N–H and O–H groups in total. The molecular formula is C29H33N3O4. The quantitative estimate of drug-likeness (QED) is 0.270. The molecular weight excluding hydrogens is 454 g/mol. The van der Waals surface area contributed by atoms with E-state index in [0.717, 1.165) is 33.9 Å². The highest BCUT2D eigenvalue weighted by Gasteiger charge is 2.28. The van der Waals surface area contributed by atoms with Gasteiger partial charge < -0.3 is 19.6 Å². The highest BCUT2D eigenvalue weighted by molar-refractivity contribution is 5.73. The van der Waals surface area contributed by atoms with E-state index in [1.165, 1.54) is 0 Å². The van der Waals surface area contributed by atoms with Gasteiger partial charge in [-0.1, -0.05) is 44.2 Å². The number of aromatic nitrogens is 3. The zero-order chi connectivity index (χ0) is 26.0. The van der Waals surface area contributed by atoms with E-state index in [-0.39, 0.29) is 6.61 Å². The number of imidazole rings is 1. The van der Waals surface area contributed by atoms with Gasteiger partial charge in [-0.25, -0.2) is 4.98 Å². The SMILES string of the molecule is CC.CC(C)(COc1ccc(-c2ccc(-c3ncc(COCc4ccccc4)[nH]3)cn2)cc1)C(=O)O. The van der Waals surface area contributed by atoms with Crippen LogP contribution >= 0.6 is 0 Å². The Bertz CT molecular complexity index is 1220. The second-order valence-corrected chi connectivity index (χ2v) is 8.67. The van der Waals surface area contributed by atoms with Crippen LogP contribution in [0.4, 0.5) is 0 Å². The van der Waals surface area contributed by atoms with Gasteiger partial charge in [-0.15, -0.1) is 0 Å². The number of H-pyrrole nitrogens is 1. The number of benzene rings is 2. The van der Waals surface area contributed by atoms with E-state index in [9.17, 15) is 9.90 Å². The molecule has 0 amide bonds. The lowest BCUT2D eigenvalue weighted by Gasteiger charge is -2.19. The lowest BCUT2D eigenvalue weighted by Crippen LogP contribution is -2.30. The smallest absolute Gasteiger partial charge is 0.312 e. The lowest BCUT2D eigenvalue weighted by atomic mass is 9.95. The molecule has 4 rings (SSSR count). The molecule has 0 unspecified atom stereocenters. The minimum absolute atomic E-state index is 0.0943. The van der Waals surface area contributed by atoms with E-state index in [0.29, 0.717) is 19.0 Å². The second kappa shape index (κ2) is 12.7. The molecule has 7 nitrogen and oxygen atoms in total. The van der Waals surface area contributed by atoms with Gasteiger partial charge in [0.1, 0.15) is 18.2 Å². The first-order valence-corrected chi connectivity index (χ1v) is 12.0. The Morgan fingerprint density at radius 2 is 1.58 bits per heavy atom. The van der Waals surface area contributed by atoms with Gasteiger partial charge in [0.25, 0.3) is 0 Å². The molecule has 0 aliphatic carbocycles. The van der Waals surface area contributed by atoms with Crippen LogP contribution < -0.4 is 4.74 Å². The number of nitrogens with zero attached hydrogens (tertiary/aromatic N) is 2. The normalized spacial score (nSPS) is 10.9. The third-order valence-corrected chi connectivity index (χ3v) is 5.36. The average Bonchev–Trinajstić information content (AvgIpc) is 3.39. The summed E-state index contributed by atoms with van der Waals surface area (Å²) in [5, 5.41) is 9.20. The maximum atomic E-state index is 11.2. The molecule has 0 bridgehead atoms. The maximum Gasteiger partial charge on any atom is 0.312 e. The number of rotatable bonds is 10. The molecule has 0 saturated heterocycles. The highest BCUT2D eigenvalue weighted by Crippen LogP contribution is 2.25. The third kappa shape index (κ3) is 7.26. The Hall–Kier alpha value is -3.97. The lowest BCUT2D eigenvalue weighted by molar-refractivity contribution is -0.148. The Morgan fingerprint density at radius 1 is 0.889 bits per heavy atom. The van der Waals surface area contributed by atoms with Crippen LogP contribution in [0.3, 0.4) is 0 Å². The van der Waals surface area contributed by atoms with Gasteiger partial charge in [0, 0.05) is 17.3 Å². The monoisotopic (exact) mass is 487 g/mol. The summed E-state index contributed by atoms with van der Waals surface area (Å²) in [4.78, 5) is 23.5. The van der Waals surface area contributed by atoms with Gasteiger partial charge in [0.15, 0.2) is 0 Å². The van der Waals surface area contributed by atoms with Crippen LogP contribution in [0.25, 0.3) is 22.6 Å². The number of aromatic amines is 1. The van der Waals surface area contributed by atoms with Crippen LogP contribution in [0.2, 0.25) is 0 Å². The van der Waals surface area contributed by atoms with Gasteiger partial charge in [-0.2, -0.15) is 0 Å². The zero-order valence-electron chi connectivity index (χ0n) is 21.2. The first kappa shape index (κ1) is 26.6. The Kier molecular flexibility index (Phi) is 9.36. The fraction of sp³-hybridized carbons (Fsp3) is 0.276. The summed E-state index contributed by atoms with van der Waals surface area (Å²) in [7, 11) is 0. The fourth-order valence-corrected chi connectivity index (χ4v) is 3.18. The Labute approximate surface area is 212 Å². The predicted molar refractivity (Wildman–Crippen MR) is 140 cm³/mol. The summed E-state index contributed by atoms with van der Waals surface area (Å²) in [5.41, 5.74) is 3.72. The Balaban J connectivity index is 0.00000176. The summed E-state index contributed by atoms with van der Waals surface area (Å²) in [5.74, 6) is 0.464. The molecule has 7 heteroatoms. The molecule has 0 radical (unpaired) electrons. The van der Waals surface area contributed by atoms with E-state index < -0.39 is 11.4 Å². The summed E-state index contributed by atoms with van der Waals surface area (Å²) in [6.07, 6.45) is 3.56. The molecule has 188 valence electrons. The van der Waals surface area contributed by atoms with E-state index >= 15 is 0 Å². The van der Waals surface area contributed by atoms with Crippen LogP contribution in [-0.4, -0.2) is 32.6 Å². The minimum Gasteiger partial charge on any atom is -0.492 e. The molecule has 0 saturated carbocycles. The zero-order valence-corrected chi connectivity index (χ0v) is 21.2. The Morgan fingerprint density at radius 3 is 2.22 bits per heavy atom. The summed E-state index contributed by atoms with van der Waals surface area (Å²) < 4.78 is 11.4. The standard InChI is InChI=1S/C27H27N3O4.C2H6/c1-27(2,26(31)32)18-34-23-11-8-20(9-12-23)24-13-10-21(14-28-24)25-29-15-22(30-25)17-33-16-19-6-4-3-5-7-19;1-2/h3-15H,16-18H2,1-2H3,(H,29,30)(H,31,32);1-2H3. The molecule has 0 atom stereocenters. The predicted octanol–water partition coefficient (Wildman–Crippen LogP) is 6.37. The first-order valence-electron chi connectivity index (χ1n) is 12.0. The van der Waals surface area contributed by atoms with Gasteiger partial charge in [-0.3, -0.25) is 9.78 Å². The number of aliphatic carboxylic acids is 1. The number of carbonyl (C=O) groups is 1. The van der Waals surface area contributed by atoms with E-state index in [1.807, 2.05) is 80.6 Å². The van der Waals surface area contributed by atoms with E-state index in [4.69, 9.17) is 9.47 Å². The van der Waals surface area contributed by atoms with Crippen molar-refractivity contribution in [2.24, 2.45) is 5.41 Å². The van der Waals surface area contributed by atoms with Crippen molar-refractivity contribution in [3.63, 3.8) is 0 Å². The van der Waals surface area contributed by atoms with Crippen molar-refractivity contribution in [2.75, 3.05) is 6.61 Å². The van der Waals surface area contributed by atoms with Gasteiger partial charge in [0.05, 0.1) is 36.2 Å². The molecule has 2 aromatic carbocycles. The van der Waals surface area contributed by atoms with Gasteiger partial charge in [-0.05, 0) is 55.8 Å². The largest absolute Gasteiger partial charge is 0.492 e. The van der Waals surface area contributed by atoms with Crippen molar-refractivity contribution in [1.29, 1.82) is 0 Å². The summed E-state index contributed by atoms with van der Waals surface area (Å²) in [6.45, 7) is 8.36. The number of carboxylic acid groups (broad SMARTS) is 1. The van der Waals surface area contributed by atoms with Crippen LogP contribution in [0.5, 0.6) is 5.75 Å². The number of ether oxygens (including phenoxy) is 2. The summed E-state index contributed by atoms with van der Waals surface area (Å²) >= 11 is 0. The molecule has 36 heavy (non-hydrogen) atoms. The van der Waals surface area contributed by atoms with Crippen molar-refractivity contribution in [1.82, 2.24) is 15.0 Å². The number of nitrogens with one attached hydrogen (secondary N) is 1. The van der Waals surface area contributed by atoms with Crippen LogP contribution in [-0.2, 0) is 22.7 Å². The molecule has 2 aromatic heterocycles. The highest BCUT2D eigenvalue weighted by atomic mass is 16.5. The molecule has 4 aromatic rings. The van der Waals surface area contributed by atoms with Crippen LogP contribution in [0.15, 0.2) is 79.1 Å². The van der Waals surface area contributed by atoms with Gasteiger partial charge in [0.2, 0.25) is 0 Å². The maximum absolute atomic E-state index is 11.2. The minimum atomic E-state index is -0.949. The van der Waals surface area contributed by atoms with Crippen molar-refractivity contribution in [3.05, 3.63) is 90.4 Å².